The van der Waals surface area contributed by atoms with Crippen molar-refractivity contribution in [2.45, 2.75) is 12.5 Å². The lowest BCUT2D eigenvalue weighted by atomic mass is 10.0. The van der Waals surface area contributed by atoms with Crippen molar-refractivity contribution < 1.29 is 23.5 Å². The van der Waals surface area contributed by atoms with Gasteiger partial charge in [0.15, 0.2) is 0 Å². The fraction of sp³-hybridized carbons (Fsp3) is 0.714. The van der Waals surface area contributed by atoms with E-state index >= 15 is 0 Å². The summed E-state index contributed by atoms with van der Waals surface area (Å²) in [6.45, 7) is 7.34. The van der Waals surface area contributed by atoms with Crippen LogP contribution in [0.25, 0.3) is 0 Å². The van der Waals surface area contributed by atoms with Crippen molar-refractivity contribution in [1.82, 2.24) is 30.7 Å². The molecule has 38 heavy (non-hydrogen) atoms. The van der Waals surface area contributed by atoms with Crippen molar-refractivity contribution in [1.29, 1.82) is 0 Å². The van der Waals surface area contributed by atoms with E-state index in [9.17, 15) is 10.1 Å². The Morgan fingerprint density at radius 3 is 1.58 bits per heavy atom. The third-order valence-electron chi connectivity index (χ3n) is 5.95. The van der Waals surface area contributed by atoms with Gasteiger partial charge in [0.2, 0.25) is 0 Å². The number of benzene rings is 1. The summed E-state index contributed by atoms with van der Waals surface area (Å²) in [4.78, 5) is 15.7. The van der Waals surface area contributed by atoms with Crippen LogP contribution in [0.3, 0.4) is 0 Å². The minimum absolute atomic E-state index is 0.102. The molecule has 0 aliphatic rings. The lowest BCUT2D eigenvalue weighted by molar-refractivity contribution is -0.384. The standard InChI is InChI=1S/C21H45B4N7O6/c1-35-22-26-9-13-30(14-10-27-23-36-2)18-21(17-19-5-7-20(8-6-19)32(33)34)31(15-11-28-24-37-3)16-12-29-25-38-4/h5-8,21-29H,9-18H2,1-4H3. The van der Waals surface area contributed by atoms with Crippen LogP contribution in [0, 0.1) is 10.1 Å². The summed E-state index contributed by atoms with van der Waals surface area (Å²) >= 11 is 0. The first-order valence-corrected chi connectivity index (χ1v) is 13.0. The second kappa shape index (κ2) is 23.4. The van der Waals surface area contributed by atoms with Crippen molar-refractivity contribution in [3.05, 3.63) is 39.9 Å². The van der Waals surface area contributed by atoms with E-state index in [0.29, 0.717) is 30.5 Å². The predicted octanol–water partition coefficient (Wildman–Crippen LogP) is -2.88. The van der Waals surface area contributed by atoms with E-state index in [1.165, 1.54) is 0 Å². The molecule has 0 aliphatic heterocycles. The molecule has 0 aromatic heterocycles. The van der Waals surface area contributed by atoms with Crippen LogP contribution >= 0.6 is 0 Å². The van der Waals surface area contributed by atoms with Gasteiger partial charge in [0.1, 0.15) is 0 Å². The highest BCUT2D eigenvalue weighted by molar-refractivity contribution is 6.24. The van der Waals surface area contributed by atoms with E-state index in [1.54, 1.807) is 40.6 Å². The molecule has 0 spiro atoms. The van der Waals surface area contributed by atoms with Crippen molar-refractivity contribution in [2.24, 2.45) is 0 Å². The quantitative estimate of drug-likeness (QED) is 0.0421. The first kappa shape index (κ1) is 34.5. The van der Waals surface area contributed by atoms with Gasteiger partial charge >= 0.3 is 30.5 Å². The van der Waals surface area contributed by atoms with Gasteiger partial charge in [-0.1, -0.05) is 12.1 Å². The molecule has 1 unspecified atom stereocenters. The summed E-state index contributed by atoms with van der Waals surface area (Å²) in [6, 6.07) is 7.06. The van der Waals surface area contributed by atoms with Gasteiger partial charge in [0.05, 0.1) is 4.92 Å². The Kier molecular flexibility index (Phi) is 21.2. The molecule has 0 heterocycles. The molecule has 0 fully saturated rings. The van der Waals surface area contributed by atoms with E-state index in [4.69, 9.17) is 18.6 Å². The van der Waals surface area contributed by atoms with Crippen molar-refractivity contribution in [3.63, 3.8) is 0 Å². The molecule has 4 N–H and O–H groups in total. The molecule has 0 radical (unpaired) electrons. The Balaban J connectivity index is 3.07. The lowest BCUT2D eigenvalue weighted by Gasteiger charge is -2.36. The topological polar surface area (TPSA) is 135 Å². The maximum absolute atomic E-state index is 11.2. The summed E-state index contributed by atoms with van der Waals surface area (Å²) in [5.41, 5.74) is 1.17. The van der Waals surface area contributed by atoms with E-state index in [1.807, 2.05) is 12.1 Å². The first-order valence-electron chi connectivity index (χ1n) is 13.0. The number of nitro benzene ring substituents is 1. The Bertz CT molecular complexity index is 693. The van der Waals surface area contributed by atoms with Gasteiger partial charge < -0.3 is 39.5 Å². The van der Waals surface area contributed by atoms with E-state index < -0.39 is 0 Å². The highest BCUT2D eigenvalue weighted by Crippen LogP contribution is 2.16. The normalized spacial score (nSPS) is 12.1. The number of nitro groups is 1. The maximum atomic E-state index is 11.2. The van der Waals surface area contributed by atoms with Crippen LogP contribution in [0.4, 0.5) is 5.69 Å². The smallest absolute Gasteiger partial charge is 0.360 e. The summed E-state index contributed by atoms with van der Waals surface area (Å²) < 4.78 is 20.6. The number of hydrogen-bond acceptors (Lipinski definition) is 12. The Labute approximate surface area is 230 Å². The number of rotatable bonds is 26. The molecule has 1 atom stereocenters. The van der Waals surface area contributed by atoms with E-state index in [0.717, 1.165) is 70.9 Å². The molecular weight excluding hydrogens is 490 g/mol. The van der Waals surface area contributed by atoms with Crippen LogP contribution in [0.5, 0.6) is 0 Å². The van der Waals surface area contributed by atoms with Crippen LogP contribution in [0.2, 0.25) is 0 Å². The first-order chi connectivity index (χ1) is 18.5. The third-order valence-corrected chi connectivity index (χ3v) is 5.95. The van der Waals surface area contributed by atoms with Crippen molar-refractivity contribution in [2.75, 3.05) is 87.3 Å². The van der Waals surface area contributed by atoms with Gasteiger partial charge in [-0.25, -0.2) is 0 Å². The molecule has 17 heteroatoms. The number of hydrogen-bond donors (Lipinski definition) is 4. The van der Waals surface area contributed by atoms with Gasteiger partial charge in [0, 0.05) is 79.3 Å². The molecule has 0 saturated heterocycles. The minimum atomic E-state index is -0.363. The Morgan fingerprint density at radius 1 is 0.763 bits per heavy atom. The zero-order chi connectivity index (χ0) is 27.8. The van der Waals surface area contributed by atoms with Gasteiger partial charge in [-0.2, -0.15) is 0 Å². The van der Waals surface area contributed by atoms with Gasteiger partial charge in [-0.3, -0.25) is 19.9 Å². The monoisotopic (exact) mass is 535 g/mol. The predicted molar refractivity (Wildman–Crippen MR) is 157 cm³/mol. The second-order valence-corrected chi connectivity index (χ2v) is 8.85. The number of non-ortho nitro benzene ring substituents is 1. The van der Waals surface area contributed by atoms with Gasteiger partial charge in [0.25, 0.3) is 5.69 Å². The fourth-order valence-electron chi connectivity index (χ4n) is 4.02. The zero-order valence-corrected chi connectivity index (χ0v) is 23.6. The molecule has 0 aliphatic carbocycles. The highest BCUT2D eigenvalue weighted by atomic mass is 16.6. The summed E-state index contributed by atoms with van der Waals surface area (Å²) in [5, 5.41) is 24.4. The van der Waals surface area contributed by atoms with Gasteiger partial charge in [-0.15, -0.1) is 0 Å². The molecule has 0 saturated carbocycles. The van der Waals surface area contributed by atoms with Gasteiger partial charge in [-0.05, 0) is 38.2 Å². The third kappa shape index (κ3) is 16.4. The molecule has 1 rings (SSSR count). The van der Waals surface area contributed by atoms with Crippen LogP contribution in [0.15, 0.2) is 24.3 Å². The average molecular weight is 535 g/mol. The maximum Gasteiger partial charge on any atom is 0.360 e. The molecule has 13 nitrogen and oxygen atoms in total. The van der Waals surface area contributed by atoms with Crippen molar-refractivity contribution >= 4 is 36.2 Å². The van der Waals surface area contributed by atoms with Crippen LogP contribution in [-0.2, 0) is 25.0 Å². The summed E-state index contributed by atoms with van der Waals surface area (Å²) in [7, 11) is 8.68. The minimum Gasteiger partial charge on any atom is -0.427 e. The molecule has 1 aromatic rings. The Morgan fingerprint density at radius 2 is 1.18 bits per heavy atom. The highest BCUT2D eigenvalue weighted by Gasteiger charge is 2.22. The SMILES string of the molecule is COBNCCN(CCNBOC)CC(Cc1ccc([N+](=O)[O-])cc1)N(CCNBOC)CCNBOC. The molecule has 0 amide bonds. The molecule has 212 valence electrons. The van der Waals surface area contributed by atoms with Crippen LogP contribution in [0.1, 0.15) is 5.56 Å². The number of nitrogens with zero attached hydrogens (tertiary/aromatic N) is 3. The molecule has 0 bridgehead atoms. The summed E-state index contributed by atoms with van der Waals surface area (Å²) in [6.07, 6.45) is 0.764. The van der Waals surface area contributed by atoms with Crippen molar-refractivity contribution in [3.8, 4) is 0 Å². The molecule has 1 aromatic carbocycles. The molecular formula is C21H45B4N7O6. The van der Waals surface area contributed by atoms with E-state index in [-0.39, 0.29) is 16.7 Å². The summed E-state index contributed by atoms with van der Waals surface area (Å²) in [5.74, 6) is 0. The van der Waals surface area contributed by atoms with Crippen LogP contribution < -0.4 is 20.9 Å². The van der Waals surface area contributed by atoms with Crippen LogP contribution in [-0.4, -0.2) is 139 Å². The fourth-order valence-corrected chi connectivity index (χ4v) is 4.02. The van der Waals surface area contributed by atoms with E-state index in [2.05, 4.69) is 30.7 Å². The largest absolute Gasteiger partial charge is 0.427 e. The second-order valence-electron chi connectivity index (χ2n) is 8.85. The average Bonchev–Trinajstić information content (AvgIpc) is 2.92. The Hall–Kier alpha value is -1.52. The zero-order valence-electron chi connectivity index (χ0n) is 23.6. The number of nitrogens with one attached hydrogen (secondary N) is 4. The lowest BCUT2D eigenvalue weighted by Crippen LogP contribution is -2.51.